The molecule has 0 unspecified atom stereocenters. The number of aryl methyl sites for hydroxylation is 2. The molecule has 0 atom stereocenters. The summed E-state index contributed by atoms with van der Waals surface area (Å²) in [5, 5.41) is 7.13. The summed E-state index contributed by atoms with van der Waals surface area (Å²) in [5.74, 6) is 0. The number of hydrogen-bond donors (Lipinski definition) is 3. The summed E-state index contributed by atoms with van der Waals surface area (Å²) in [6.07, 6.45) is 1.71. The van der Waals surface area contributed by atoms with Crippen LogP contribution in [0.1, 0.15) is 5.56 Å². The van der Waals surface area contributed by atoms with Gasteiger partial charge >= 0.3 is 0 Å². The number of aromatic nitrogens is 1. The molecule has 30 heavy (non-hydrogen) atoms. The quantitative estimate of drug-likeness (QED) is 0.533. The Morgan fingerprint density at radius 2 is 1.67 bits per heavy atom. The van der Waals surface area contributed by atoms with Crippen LogP contribution in [0.3, 0.4) is 0 Å². The van der Waals surface area contributed by atoms with E-state index in [1.165, 1.54) is 4.57 Å². The number of benzene rings is 2. The predicted octanol–water partition coefficient (Wildman–Crippen LogP) is 4.03. The highest BCUT2D eigenvalue weighted by atomic mass is 32.2. The van der Waals surface area contributed by atoms with E-state index in [9.17, 15) is 13.2 Å². The monoisotopic (exact) mass is 424 g/mol. The van der Waals surface area contributed by atoms with Gasteiger partial charge in [0, 0.05) is 53.9 Å². The Morgan fingerprint density at radius 3 is 2.30 bits per heavy atom. The first-order valence-corrected chi connectivity index (χ1v) is 10.8. The van der Waals surface area contributed by atoms with Crippen molar-refractivity contribution in [3.63, 3.8) is 0 Å². The Labute approximate surface area is 176 Å². The molecule has 0 aliphatic rings. The number of anilines is 4. The van der Waals surface area contributed by atoms with Crippen LogP contribution in [0.4, 0.5) is 22.7 Å². The van der Waals surface area contributed by atoms with Gasteiger partial charge in [-0.2, -0.15) is 0 Å². The van der Waals surface area contributed by atoms with E-state index >= 15 is 0 Å². The third kappa shape index (κ3) is 4.72. The van der Waals surface area contributed by atoms with Crippen molar-refractivity contribution in [3.8, 4) is 11.1 Å². The van der Waals surface area contributed by atoms with Crippen LogP contribution in [-0.4, -0.2) is 20.0 Å². The van der Waals surface area contributed by atoms with Crippen LogP contribution in [0, 0.1) is 6.92 Å². The molecular formula is C22H24N4O3S. The van der Waals surface area contributed by atoms with Crippen molar-refractivity contribution in [2.45, 2.75) is 6.92 Å². The summed E-state index contributed by atoms with van der Waals surface area (Å²) >= 11 is 0. The van der Waals surface area contributed by atoms with E-state index in [2.05, 4.69) is 21.9 Å². The van der Waals surface area contributed by atoms with Gasteiger partial charge in [0.05, 0.1) is 0 Å². The summed E-state index contributed by atoms with van der Waals surface area (Å²) in [7, 11) is -0.298. The zero-order chi connectivity index (χ0) is 21.9. The average Bonchev–Trinajstić information content (AvgIpc) is 2.72. The second-order valence-corrected chi connectivity index (χ2v) is 8.50. The van der Waals surface area contributed by atoms with Gasteiger partial charge in [-0.1, -0.05) is 24.3 Å². The molecule has 0 amide bonds. The smallest absolute Gasteiger partial charge is 0.273 e. The summed E-state index contributed by atoms with van der Waals surface area (Å²) in [4.78, 5) is 12.3. The van der Waals surface area contributed by atoms with Crippen LogP contribution in [-0.2, 0) is 17.1 Å². The number of nitrogens with zero attached hydrogens (tertiary/aromatic N) is 1. The molecule has 2 aromatic carbocycles. The molecule has 3 aromatic rings. The average molecular weight is 425 g/mol. The molecular weight excluding hydrogens is 400 g/mol. The molecule has 0 spiro atoms. The fourth-order valence-electron chi connectivity index (χ4n) is 2.99. The van der Waals surface area contributed by atoms with Crippen molar-refractivity contribution >= 4 is 32.8 Å². The molecule has 1 heterocycles. The van der Waals surface area contributed by atoms with E-state index < -0.39 is 10.0 Å². The maximum absolute atomic E-state index is 12.3. The van der Waals surface area contributed by atoms with Crippen molar-refractivity contribution < 1.29 is 8.42 Å². The molecule has 3 N–H and O–H groups in total. The van der Waals surface area contributed by atoms with E-state index in [1.54, 1.807) is 44.6 Å². The molecule has 8 heteroatoms. The van der Waals surface area contributed by atoms with Crippen molar-refractivity contribution in [1.29, 1.82) is 0 Å². The summed E-state index contributed by atoms with van der Waals surface area (Å²) in [6, 6.07) is 14.9. The van der Waals surface area contributed by atoms with Gasteiger partial charge in [-0.3, -0.25) is 9.52 Å². The summed E-state index contributed by atoms with van der Waals surface area (Å²) < 4.78 is 27.8. The van der Waals surface area contributed by atoms with Crippen LogP contribution in [0.2, 0.25) is 0 Å². The molecule has 156 valence electrons. The van der Waals surface area contributed by atoms with Crippen molar-refractivity contribution in [2.75, 3.05) is 22.4 Å². The Hall–Kier alpha value is -3.52. The van der Waals surface area contributed by atoms with Crippen LogP contribution in [0.5, 0.6) is 0 Å². The number of rotatable bonds is 7. The number of hydrogen-bond acceptors (Lipinski definition) is 5. The highest BCUT2D eigenvalue weighted by Crippen LogP contribution is 2.34. The Kier molecular flexibility index (Phi) is 5.98. The zero-order valence-corrected chi connectivity index (χ0v) is 17.9. The van der Waals surface area contributed by atoms with Gasteiger partial charge in [0.2, 0.25) is 0 Å². The Balaban J connectivity index is 2.15. The van der Waals surface area contributed by atoms with Crippen LogP contribution < -0.4 is 20.9 Å². The largest absolute Gasteiger partial charge is 0.384 e. The minimum absolute atomic E-state index is 0.155. The van der Waals surface area contributed by atoms with Crippen LogP contribution in [0.25, 0.3) is 11.1 Å². The predicted molar refractivity (Wildman–Crippen MR) is 124 cm³/mol. The molecule has 0 aliphatic heterocycles. The lowest BCUT2D eigenvalue weighted by molar-refractivity contribution is 0.609. The first-order chi connectivity index (χ1) is 14.2. The second-order valence-electron chi connectivity index (χ2n) is 6.87. The van der Waals surface area contributed by atoms with Crippen LogP contribution in [0.15, 0.2) is 71.5 Å². The SMILES string of the molecule is C=CS(=O)(=O)Nc1ccc(Nc2ccc(C)cc2)c(-c2cc(NC)c(=O)n(C)c2)c1. The standard InChI is InChI=1S/C22H24N4O3S/c1-5-30(28,29)25-18-10-11-20(24-17-8-6-15(2)7-9-17)19(13-18)16-12-21(23-3)22(27)26(4)14-16/h5-14,23-25H,1H2,2-4H3. The van der Waals surface area contributed by atoms with Gasteiger partial charge in [-0.15, -0.1) is 0 Å². The maximum atomic E-state index is 12.3. The molecule has 0 radical (unpaired) electrons. The minimum atomic E-state index is -3.65. The fourth-order valence-corrected chi connectivity index (χ4v) is 3.53. The third-order valence-corrected chi connectivity index (χ3v) is 5.55. The minimum Gasteiger partial charge on any atom is -0.384 e. The lowest BCUT2D eigenvalue weighted by atomic mass is 10.0. The normalized spacial score (nSPS) is 11.0. The van der Waals surface area contributed by atoms with E-state index in [1.807, 2.05) is 31.2 Å². The molecule has 1 aromatic heterocycles. The van der Waals surface area contributed by atoms with Crippen LogP contribution >= 0.6 is 0 Å². The van der Waals surface area contributed by atoms with Gasteiger partial charge in [-0.05, 0) is 43.3 Å². The van der Waals surface area contributed by atoms with Gasteiger partial charge in [0.1, 0.15) is 5.69 Å². The maximum Gasteiger partial charge on any atom is 0.273 e. The van der Waals surface area contributed by atoms with Crippen molar-refractivity contribution in [1.82, 2.24) is 4.57 Å². The Morgan fingerprint density at radius 1 is 1.00 bits per heavy atom. The van der Waals surface area contributed by atoms with Gasteiger partial charge in [0.15, 0.2) is 0 Å². The van der Waals surface area contributed by atoms with E-state index in [-0.39, 0.29) is 5.56 Å². The second kappa shape index (κ2) is 8.46. The fraction of sp³-hybridized carbons (Fsp3) is 0.136. The first-order valence-electron chi connectivity index (χ1n) is 9.24. The molecule has 0 saturated heterocycles. The lowest BCUT2D eigenvalue weighted by Gasteiger charge is -2.16. The van der Waals surface area contributed by atoms with Gasteiger partial charge in [-0.25, -0.2) is 8.42 Å². The first kappa shape index (κ1) is 21.2. The molecule has 0 aliphatic carbocycles. The molecule has 0 fully saturated rings. The van der Waals surface area contributed by atoms with Gasteiger partial charge in [0.25, 0.3) is 15.6 Å². The lowest BCUT2D eigenvalue weighted by Crippen LogP contribution is -2.19. The molecule has 0 bridgehead atoms. The van der Waals surface area contributed by atoms with Crippen molar-refractivity contribution in [2.24, 2.45) is 7.05 Å². The zero-order valence-electron chi connectivity index (χ0n) is 17.1. The molecule has 0 saturated carbocycles. The van der Waals surface area contributed by atoms with Crippen molar-refractivity contribution in [3.05, 3.63) is 82.6 Å². The summed E-state index contributed by atoms with van der Waals surface area (Å²) in [5.41, 5.74) is 4.95. The van der Waals surface area contributed by atoms with E-state index in [0.29, 0.717) is 11.4 Å². The Bertz CT molecular complexity index is 1250. The number of pyridine rings is 1. The number of sulfonamides is 1. The third-order valence-electron chi connectivity index (χ3n) is 4.59. The molecule has 7 nitrogen and oxygen atoms in total. The van der Waals surface area contributed by atoms with E-state index in [0.717, 1.165) is 33.5 Å². The highest BCUT2D eigenvalue weighted by molar-refractivity contribution is 7.95. The molecule has 3 rings (SSSR count). The highest BCUT2D eigenvalue weighted by Gasteiger charge is 2.13. The topological polar surface area (TPSA) is 92.2 Å². The summed E-state index contributed by atoms with van der Waals surface area (Å²) in [6.45, 7) is 5.34. The van der Waals surface area contributed by atoms with Gasteiger partial charge < -0.3 is 15.2 Å². The number of nitrogens with one attached hydrogen (secondary N) is 3. The van der Waals surface area contributed by atoms with E-state index in [4.69, 9.17) is 0 Å².